The van der Waals surface area contributed by atoms with Crippen molar-refractivity contribution in [3.05, 3.63) is 164 Å². The summed E-state index contributed by atoms with van der Waals surface area (Å²) >= 11 is 0. The quantitative estimate of drug-likeness (QED) is 0.210. The van der Waals surface area contributed by atoms with Crippen LogP contribution in [0.3, 0.4) is 0 Å². The molecule has 2 heterocycles. The summed E-state index contributed by atoms with van der Waals surface area (Å²) in [4.78, 5) is 14.7. The summed E-state index contributed by atoms with van der Waals surface area (Å²) in [6.07, 6.45) is 3.73. The highest BCUT2D eigenvalue weighted by Gasteiger charge is 2.16. The van der Waals surface area contributed by atoms with E-state index in [0.29, 0.717) is 5.82 Å². The van der Waals surface area contributed by atoms with E-state index in [9.17, 15) is 0 Å². The van der Waals surface area contributed by atoms with Crippen molar-refractivity contribution in [2.75, 3.05) is 0 Å². The van der Waals surface area contributed by atoms with Crippen molar-refractivity contribution >= 4 is 21.5 Å². The van der Waals surface area contributed by atoms with Gasteiger partial charge in [0.2, 0.25) is 0 Å². The number of aromatic nitrogens is 3. The molecular weight excluding hydrogens is 534 g/mol. The first kappa shape index (κ1) is 25.8. The van der Waals surface area contributed by atoms with E-state index in [1.807, 2.05) is 36.7 Å². The van der Waals surface area contributed by atoms with Crippen LogP contribution in [-0.4, -0.2) is 15.0 Å². The second-order valence-electron chi connectivity index (χ2n) is 10.8. The highest BCUT2D eigenvalue weighted by Crippen LogP contribution is 2.39. The Kier molecular flexibility index (Phi) is 6.47. The van der Waals surface area contributed by atoms with E-state index in [0.717, 1.165) is 55.4 Å². The van der Waals surface area contributed by atoms with Crippen LogP contribution in [0.25, 0.3) is 77.7 Å². The molecule has 0 aliphatic rings. The highest BCUT2D eigenvalue weighted by molar-refractivity contribution is 6.06. The van der Waals surface area contributed by atoms with Gasteiger partial charge in [-0.25, -0.2) is 9.97 Å². The fourth-order valence-corrected chi connectivity index (χ4v) is 6.14. The van der Waals surface area contributed by atoms with Crippen LogP contribution >= 0.6 is 0 Å². The van der Waals surface area contributed by atoms with E-state index >= 15 is 0 Å². The number of rotatable bonds is 5. The molecule has 2 aromatic heterocycles. The van der Waals surface area contributed by atoms with Crippen LogP contribution in [0.2, 0.25) is 0 Å². The van der Waals surface area contributed by atoms with E-state index in [-0.39, 0.29) is 0 Å². The Morgan fingerprint density at radius 2 is 0.818 bits per heavy atom. The molecule has 0 radical (unpaired) electrons. The normalized spacial score (nSPS) is 11.2. The molecule has 0 aliphatic heterocycles. The molecule has 0 aliphatic carbocycles. The molecule has 0 saturated carbocycles. The first-order valence-electron chi connectivity index (χ1n) is 14.8. The van der Waals surface area contributed by atoms with E-state index < -0.39 is 0 Å². The summed E-state index contributed by atoms with van der Waals surface area (Å²) in [5.41, 5.74) is 9.56. The van der Waals surface area contributed by atoms with Crippen molar-refractivity contribution < 1.29 is 0 Å². The fraction of sp³-hybridized carbons (Fsp3) is 0. The van der Waals surface area contributed by atoms with E-state index in [1.165, 1.54) is 16.5 Å². The van der Waals surface area contributed by atoms with Crippen LogP contribution in [0.15, 0.2) is 164 Å². The lowest BCUT2D eigenvalue weighted by Gasteiger charge is -2.15. The van der Waals surface area contributed by atoms with Gasteiger partial charge in [-0.05, 0) is 50.4 Å². The molecule has 44 heavy (non-hydrogen) atoms. The molecule has 3 heteroatoms. The van der Waals surface area contributed by atoms with Gasteiger partial charge in [-0.3, -0.25) is 4.98 Å². The maximum Gasteiger partial charge on any atom is 0.160 e. The maximum absolute atomic E-state index is 5.18. The summed E-state index contributed by atoms with van der Waals surface area (Å²) in [6, 6.07) is 53.0. The summed E-state index contributed by atoms with van der Waals surface area (Å²) in [5, 5.41) is 4.66. The zero-order valence-electron chi connectivity index (χ0n) is 23.9. The number of benzene rings is 6. The lowest BCUT2D eigenvalue weighted by atomic mass is 9.92. The predicted octanol–water partition coefficient (Wildman–Crippen LogP) is 10.5. The van der Waals surface area contributed by atoms with Crippen molar-refractivity contribution in [3.8, 4) is 56.2 Å². The van der Waals surface area contributed by atoms with Crippen molar-refractivity contribution in [2.24, 2.45) is 0 Å². The SMILES string of the molecule is c1ccc(-c2nc(-c3cccc4c(-c5ccccc5)cccc34)cc(-c3ccc(-c4cccnc4)c4ccccc34)n2)cc1. The van der Waals surface area contributed by atoms with Gasteiger partial charge in [0.1, 0.15) is 0 Å². The van der Waals surface area contributed by atoms with Gasteiger partial charge in [0.25, 0.3) is 0 Å². The molecule has 0 spiro atoms. The number of nitrogens with zero attached hydrogens (tertiary/aromatic N) is 3. The average Bonchev–Trinajstić information content (AvgIpc) is 3.11. The van der Waals surface area contributed by atoms with Gasteiger partial charge in [-0.2, -0.15) is 0 Å². The molecule has 0 amide bonds. The summed E-state index contributed by atoms with van der Waals surface area (Å²) < 4.78 is 0. The van der Waals surface area contributed by atoms with Gasteiger partial charge in [-0.15, -0.1) is 0 Å². The molecule has 0 fully saturated rings. The second kappa shape index (κ2) is 11.0. The highest BCUT2D eigenvalue weighted by atomic mass is 14.9. The van der Waals surface area contributed by atoms with Crippen LogP contribution < -0.4 is 0 Å². The maximum atomic E-state index is 5.18. The van der Waals surface area contributed by atoms with E-state index in [4.69, 9.17) is 9.97 Å². The zero-order valence-corrected chi connectivity index (χ0v) is 23.9. The number of fused-ring (bicyclic) bond motifs is 2. The summed E-state index contributed by atoms with van der Waals surface area (Å²) in [6.45, 7) is 0. The van der Waals surface area contributed by atoms with E-state index in [2.05, 4.69) is 132 Å². The largest absolute Gasteiger partial charge is 0.264 e. The van der Waals surface area contributed by atoms with Crippen molar-refractivity contribution in [3.63, 3.8) is 0 Å². The fourth-order valence-electron chi connectivity index (χ4n) is 6.14. The van der Waals surface area contributed by atoms with Gasteiger partial charge in [0, 0.05) is 34.6 Å². The third kappa shape index (κ3) is 4.61. The second-order valence-corrected chi connectivity index (χ2v) is 10.8. The first-order chi connectivity index (χ1) is 21.8. The van der Waals surface area contributed by atoms with Crippen LogP contribution in [0.1, 0.15) is 0 Å². The summed E-state index contributed by atoms with van der Waals surface area (Å²) in [5.74, 6) is 0.703. The Morgan fingerprint density at radius 3 is 1.45 bits per heavy atom. The molecule has 0 unspecified atom stereocenters. The molecular formula is C41H27N3. The van der Waals surface area contributed by atoms with Gasteiger partial charge in [0.05, 0.1) is 11.4 Å². The smallest absolute Gasteiger partial charge is 0.160 e. The Balaban J connectivity index is 1.37. The number of pyridine rings is 1. The van der Waals surface area contributed by atoms with Crippen molar-refractivity contribution in [1.82, 2.24) is 15.0 Å². The summed E-state index contributed by atoms with van der Waals surface area (Å²) in [7, 11) is 0. The zero-order chi connectivity index (χ0) is 29.3. The number of hydrogen-bond donors (Lipinski definition) is 0. The molecule has 0 atom stereocenters. The third-order valence-corrected chi connectivity index (χ3v) is 8.21. The van der Waals surface area contributed by atoms with E-state index in [1.54, 1.807) is 0 Å². The molecule has 3 nitrogen and oxygen atoms in total. The monoisotopic (exact) mass is 561 g/mol. The third-order valence-electron chi connectivity index (χ3n) is 8.21. The van der Waals surface area contributed by atoms with Crippen LogP contribution in [0.4, 0.5) is 0 Å². The molecule has 8 aromatic rings. The minimum atomic E-state index is 0.703. The minimum Gasteiger partial charge on any atom is -0.264 e. The van der Waals surface area contributed by atoms with Crippen molar-refractivity contribution in [1.29, 1.82) is 0 Å². The molecule has 8 rings (SSSR count). The number of hydrogen-bond acceptors (Lipinski definition) is 3. The molecule has 0 saturated heterocycles. The molecule has 0 N–H and O–H groups in total. The molecule has 6 aromatic carbocycles. The minimum absolute atomic E-state index is 0.703. The predicted molar refractivity (Wildman–Crippen MR) is 182 cm³/mol. The first-order valence-corrected chi connectivity index (χ1v) is 14.8. The van der Waals surface area contributed by atoms with Gasteiger partial charge < -0.3 is 0 Å². The average molecular weight is 562 g/mol. The topological polar surface area (TPSA) is 38.7 Å². The van der Waals surface area contributed by atoms with Crippen LogP contribution in [0, 0.1) is 0 Å². The molecule has 0 bridgehead atoms. The Bertz CT molecular complexity index is 2170. The van der Waals surface area contributed by atoms with Gasteiger partial charge >= 0.3 is 0 Å². The van der Waals surface area contributed by atoms with Crippen LogP contribution in [-0.2, 0) is 0 Å². The van der Waals surface area contributed by atoms with Crippen molar-refractivity contribution in [2.45, 2.75) is 0 Å². The Labute approximate surface area is 256 Å². The van der Waals surface area contributed by atoms with Gasteiger partial charge in [-0.1, -0.05) is 140 Å². The Hall–Kier alpha value is -5.93. The lowest BCUT2D eigenvalue weighted by molar-refractivity contribution is 1.19. The van der Waals surface area contributed by atoms with Gasteiger partial charge in [0.15, 0.2) is 5.82 Å². The molecule has 206 valence electrons. The standard InChI is InChI=1S/C41H27N3/c1-3-12-28(13-4-1)31-19-9-21-36-34(31)20-10-22-37(36)39-26-40(44-41(43-39)29-14-5-2-6-15-29)38-24-23-32(30-16-11-25-42-27-30)33-17-7-8-18-35(33)38/h1-27H. The Morgan fingerprint density at radius 1 is 0.341 bits per heavy atom. The lowest BCUT2D eigenvalue weighted by Crippen LogP contribution is -1.97. The van der Waals surface area contributed by atoms with Crippen LogP contribution in [0.5, 0.6) is 0 Å².